The number of aromatic amines is 2. The Balaban J connectivity index is 2.01. The minimum atomic E-state index is -0.676. The van der Waals surface area contributed by atoms with Gasteiger partial charge < -0.3 is 15.2 Å². The van der Waals surface area contributed by atoms with Gasteiger partial charge in [0.25, 0.3) is 5.56 Å². The number of hydrogen-bond acceptors (Lipinski definition) is 6. The molecule has 0 saturated carbocycles. The molecule has 1 atom stereocenters. The zero-order valence-corrected chi connectivity index (χ0v) is 15.8. The van der Waals surface area contributed by atoms with E-state index in [9.17, 15) is 19.5 Å². The van der Waals surface area contributed by atoms with E-state index < -0.39 is 17.2 Å². The Hall–Kier alpha value is -3.29. The highest BCUT2D eigenvalue weighted by molar-refractivity contribution is 6.01. The second-order valence-corrected chi connectivity index (χ2v) is 8.02. The number of aromatic nitrogens is 2. The molecule has 0 spiro atoms. The van der Waals surface area contributed by atoms with Crippen molar-refractivity contribution in [1.82, 2.24) is 9.97 Å². The van der Waals surface area contributed by atoms with Crippen LogP contribution in [0, 0.1) is 5.41 Å². The molecule has 2 heterocycles. The second kappa shape index (κ2) is 6.12. The lowest BCUT2D eigenvalue weighted by Crippen LogP contribution is -2.38. The van der Waals surface area contributed by atoms with E-state index in [0.29, 0.717) is 29.7 Å². The Bertz CT molecular complexity index is 1140. The molecule has 8 heteroatoms. The number of methoxy groups -OCH3 is 1. The van der Waals surface area contributed by atoms with E-state index in [1.807, 2.05) is 13.8 Å². The van der Waals surface area contributed by atoms with Gasteiger partial charge in [0.1, 0.15) is 5.82 Å². The Morgan fingerprint density at radius 2 is 1.89 bits per heavy atom. The van der Waals surface area contributed by atoms with Crippen LogP contribution in [0.5, 0.6) is 11.5 Å². The highest BCUT2D eigenvalue weighted by atomic mass is 16.5. The van der Waals surface area contributed by atoms with Gasteiger partial charge in [-0.1, -0.05) is 19.9 Å². The van der Waals surface area contributed by atoms with E-state index in [2.05, 4.69) is 15.3 Å². The molecule has 2 aromatic rings. The molecule has 1 aliphatic carbocycles. The third-order valence-electron chi connectivity index (χ3n) is 5.29. The standard InChI is InChI=1S/C20H21N3O5/c1-20(2)7-10-15(12(25)8-20)14(9-4-5-11(24)13(6-9)28-3)16-17(21-10)22-19(27)23-18(16)26/h4-6,14,24H,7-8H2,1-3H3,(H3,21,22,23,26,27)/t14-/m1/s1. The lowest BCUT2D eigenvalue weighted by atomic mass is 9.69. The molecule has 0 fully saturated rings. The van der Waals surface area contributed by atoms with Gasteiger partial charge >= 0.3 is 5.69 Å². The first-order chi connectivity index (χ1) is 13.2. The van der Waals surface area contributed by atoms with Gasteiger partial charge in [-0.15, -0.1) is 0 Å². The molecule has 0 amide bonds. The van der Waals surface area contributed by atoms with Crippen molar-refractivity contribution in [3.63, 3.8) is 0 Å². The summed E-state index contributed by atoms with van der Waals surface area (Å²) in [5.74, 6) is -0.239. The van der Waals surface area contributed by atoms with E-state index in [0.717, 1.165) is 0 Å². The van der Waals surface area contributed by atoms with Crippen LogP contribution < -0.4 is 21.3 Å². The average molecular weight is 383 g/mol. The van der Waals surface area contributed by atoms with Crippen LogP contribution in [0.3, 0.4) is 0 Å². The summed E-state index contributed by atoms with van der Waals surface area (Å²) in [5.41, 5.74) is 0.675. The molecule has 1 aromatic carbocycles. The molecular formula is C20H21N3O5. The summed E-state index contributed by atoms with van der Waals surface area (Å²) in [6, 6.07) is 4.73. The monoisotopic (exact) mass is 383 g/mol. The van der Waals surface area contributed by atoms with Crippen LogP contribution in [-0.2, 0) is 4.79 Å². The van der Waals surface area contributed by atoms with E-state index >= 15 is 0 Å². The largest absolute Gasteiger partial charge is 0.504 e. The Kier molecular flexibility index (Phi) is 3.95. The summed E-state index contributed by atoms with van der Waals surface area (Å²) in [6.45, 7) is 4.01. The zero-order valence-electron chi connectivity index (χ0n) is 15.8. The van der Waals surface area contributed by atoms with Crippen LogP contribution in [0.4, 0.5) is 5.82 Å². The van der Waals surface area contributed by atoms with Gasteiger partial charge in [0, 0.05) is 23.6 Å². The summed E-state index contributed by atoms with van der Waals surface area (Å²) in [4.78, 5) is 42.4. The number of carbonyl (C=O) groups excluding carboxylic acids is 1. The van der Waals surface area contributed by atoms with Gasteiger partial charge in [0.15, 0.2) is 17.3 Å². The SMILES string of the molecule is COc1cc([C@@H]2C3=C(CC(C)(C)CC3=O)Nc3[nH]c(=O)[nH]c(=O)c32)ccc1O. The predicted octanol–water partition coefficient (Wildman–Crippen LogP) is 1.98. The van der Waals surface area contributed by atoms with E-state index in [4.69, 9.17) is 4.74 Å². The summed E-state index contributed by atoms with van der Waals surface area (Å²) in [7, 11) is 1.43. The Labute approximate surface area is 160 Å². The van der Waals surface area contributed by atoms with Crippen molar-refractivity contribution in [1.29, 1.82) is 0 Å². The fourth-order valence-corrected chi connectivity index (χ4v) is 4.15. The molecule has 0 radical (unpaired) electrons. The van der Waals surface area contributed by atoms with Gasteiger partial charge in [-0.3, -0.25) is 19.6 Å². The summed E-state index contributed by atoms with van der Waals surface area (Å²) in [6.07, 6.45) is 0.962. The molecule has 146 valence electrons. The molecule has 0 unspecified atom stereocenters. The quantitative estimate of drug-likeness (QED) is 0.629. The van der Waals surface area contributed by atoms with Gasteiger partial charge in [0.2, 0.25) is 0 Å². The number of H-pyrrole nitrogens is 2. The number of Topliss-reactive ketones (excluding diaryl/α,β-unsaturated/α-hetero) is 1. The van der Waals surface area contributed by atoms with Crippen LogP contribution >= 0.6 is 0 Å². The number of nitrogens with one attached hydrogen (secondary N) is 3. The number of carbonyl (C=O) groups is 1. The van der Waals surface area contributed by atoms with Crippen molar-refractivity contribution in [2.24, 2.45) is 5.41 Å². The highest BCUT2D eigenvalue weighted by Gasteiger charge is 2.42. The predicted molar refractivity (Wildman–Crippen MR) is 103 cm³/mol. The number of hydrogen-bond donors (Lipinski definition) is 4. The maximum absolute atomic E-state index is 13.1. The summed E-state index contributed by atoms with van der Waals surface area (Å²) < 4.78 is 5.20. The van der Waals surface area contributed by atoms with Gasteiger partial charge in [-0.05, 0) is 29.5 Å². The summed E-state index contributed by atoms with van der Waals surface area (Å²) in [5, 5.41) is 13.0. The number of ether oxygens (including phenoxy) is 1. The number of benzene rings is 1. The normalized spacial score (nSPS) is 20.2. The molecule has 0 bridgehead atoms. The molecule has 1 aromatic heterocycles. The van der Waals surface area contributed by atoms with E-state index in [-0.39, 0.29) is 34.1 Å². The van der Waals surface area contributed by atoms with Crippen molar-refractivity contribution in [2.45, 2.75) is 32.6 Å². The van der Waals surface area contributed by atoms with Gasteiger partial charge in [-0.25, -0.2) is 4.79 Å². The molecule has 4 N–H and O–H groups in total. The number of phenols is 1. The molecule has 8 nitrogen and oxygen atoms in total. The first-order valence-electron chi connectivity index (χ1n) is 8.97. The lowest BCUT2D eigenvalue weighted by Gasteiger charge is -2.38. The third kappa shape index (κ3) is 2.81. The minimum Gasteiger partial charge on any atom is -0.504 e. The van der Waals surface area contributed by atoms with Crippen molar-refractivity contribution in [3.8, 4) is 11.5 Å². The second-order valence-electron chi connectivity index (χ2n) is 8.02. The summed E-state index contributed by atoms with van der Waals surface area (Å²) >= 11 is 0. The fraction of sp³-hybridized carbons (Fsp3) is 0.350. The number of ketones is 1. The minimum absolute atomic E-state index is 0.0407. The van der Waals surface area contributed by atoms with Crippen LogP contribution in [0.1, 0.15) is 43.7 Å². The number of fused-ring (bicyclic) bond motifs is 1. The highest BCUT2D eigenvalue weighted by Crippen LogP contribution is 2.48. The fourth-order valence-electron chi connectivity index (χ4n) is 4.15. The third-order valence-corrected chi connectivity index (χ3v) is 5.29. The Morgan fingerprint density at radius 3 is 2.61 bits per heavy atom. The number of allylic oxidation sites excluding steroid dienone is 2. The maximum atomic E-state index is 13.1. The zero-order chi connectivity index (χ0) is 20.2. The van der Waals surface area contributed by atoms with Crippen LogP contribution in [0.2, 0.25) is 0 Å². The molecule has 28 heavy (non-hydrogen) atoms. The van der Waals surface area contributed by atoms with E-state index in [1.165, 1.54) is 13.2 Å². The van der Waals surface area contributed by atoms with E-state index in [1.54, 1.807) is 12.1 Å². The van der Waals surface area contributed by atoms with Crippen LogP contribution in [-0.4, -0.2) is 28.0 Å². The number of anilines is 1. The smallest absolute Gasteiger partial charge is 0.327 e. The molecule has 4 rings (SSSR count). The van der Waals surface area contributed by atoms with Crippen molar-refractivity contribution in [3.05, 3.63) is 61.4 Å². The molecule has 1 aliphatic heterocycles. The molecular weight excluding hydrogens is 362 g/mol. The maximum Gasteiger partial charge on any atom is 0.327 e. The number of phenolic OH excluding ortho intramolecular Hbond substituents is 1. The number of aromatic hydroxyl groups is 1. The molecule has 2 aliphatic rings. The van der Waals surface area contributed by atoms with Crippen molar-refractivity contribution < 1.29 is 14.6 Å². The first kappa shape index (κ1) is 18.1. The number of rotatable bonds is 2. The topological polar surface area (TPSA) is 124 Å². The van der Waals surface area contributed by atoms with Crippen molar-refractivity contribution >= 4 is 11.6 Å². The van der Waals surface area contributed by atoms with Crippen molar-refractivity contribution in [2.75, 3.05) is 12.4 Å². The molecule has 0 saturated heterocycles. The van der Waals surface area contributed by atoms with Gasteiger partial charge in [-0.2, -0.15) is 0 Å². The van der Waals surface area contributed by atoms with Gasteiger partial charge in [0.05, 0.1) is 12.7 Å². The van der Waals surface area contributed by atoms with Crippen LogP contribution in [0.25, 0.3) is 0 Å². The Morgan fingerprint density at radius 1 is 1.14 bits per heavy atom. The average Bonchev–Trinajstić information content (AvgIpc) is 2.59. The van der Waals surface area contributed by atoms with Crippen LogP contribution in [0.15, 0.2) is 39.1 Å². The lowest BCUT2D eigenvalue weighted by molar-refractivity contribution is -0.118. The first-order valence-corrected chi connectivity index (χ1v) is 8.97.